The molecule has 3 heterocycles. The third-order valence-corrected chi connectivity index (χ3v) is 3.92. The van der Waals surface area contributed by atoms with E-state index in [2.05, 4.69) is 9.55 Å². The van der Waals surface area contributed by atoms with Crippen molar-refractivity contribution < 1.29 is 4.74 Å². The summed E-state index contributed by atoms with van der Waals surface area (Å²) in [5.74, 6) is 1.06. The molecule has 1 aliphatic carbocycles. The average molecular weight is 207 g/mol. The first-order chi connectivity index (χ1) is 7.14. The van der Waals surface area contributed by atoms with Gasteiger partial charge in [0, 0.05) is 25.0 Å². The number of nitrogens with zero attached hydrogens (tertiary/aromatic N) is 2. The average Bonchev–Trinajstić information content (AvgIpc) is 2.67. The topological polar surface area (TPSA) is 53.1 Å². The van der Waals surface area contributed by atoms with Crippen molar-refractivity contribution in [1.29, 1.82) is 0 Å². The van der Waals surface area contributed by atoms with Crippen LogP contribution in [0.15, 0.2) is 12.4 Å². The maximum Gasteiger partial charge on any atom is 0.140 e. The maximum atomic E-state index is 6.19. The van der Waals surface area contributed by atoms with Crippen LogP contribution in [-0.4, -0.2) is 21.7 Å². The first-order valence-corrected chi connectivity index (χ1v) is 5.54. The molecule has 0 unspecified atom stereocenters. The summed E-state index contributed by atoms with van der Waals surface area (Å²) in [7, 11) is 2.03. The fourth-order valence-corrected chi connectivity index (χ4v) is 2.82. The van der Waals surface area contributed by atoms with Gasteiger partial charge in [-0.25, -0.2) is 4.98 Å². The zero-order chi connectivity index (χ0) is 10.5. The summed E-state index contributed by atoms with van der Waals surface area (Å²) < 4.78 is 8.05. The largest absolute Gasteiger partial charge is 0.365 e. The number of hydrogen-bond donors (Lipinski definition) is 1. The van der Waals surface area contributed by atoms with Gasteiger partial charge < -0.3 is 15.0 Å². The second kappa shape index (κ2) is 2.83. The zero-order valence-electron chi connectivity index (χ0n) is 9.07. The van der Waals surface area contributed by atoms with E-state index >= 15 is 0 Å². The molecular weight excluding hydrogens is 190 g/mol. The van der Waals surface area contributed by atoms with E-state index in [0.717, 1.165) is 31.5 Å². The Kier molecular flexibility index (Phi) is 1.77. The van der Waals surface area contributed by atoms with Crippen molar-refractivity contribution in [2.24, 2.45) is 12.8 Å². The van der Waals surface area contributed by atoms with E-state index in [0.29, 0.717) is 6.61 Å². The lowest BCUT2D eigenvalue weighted by atomic mass is 9.71. The Morgan fingerprint density at radius 1 is 1.40 bits per heavy atom. The number of imidazole rings is 1. The highest BCUT2D eigenvalue weighted by Crippen LogP contribution is 2.47. The third-order valence-electron chi connectivity index (χ3n) is 3.92. The summed E-state index contributed by atoms with van der Waals surface area (Å²) in [5, 5.41) is 0. The lowest BCUT2D eigenvalue weighted by molar-refractivity contribution is -0.164. The molecule has 2 aliphatic heterocycles. The molecule has 2 bridgehead atoms. The van der Waals surface area contributed by atoms with E-state index in [1.165, 1.54) is 0 Å². The Bertz CT molecular complexity index is 360. The van der Waals surface area contributed by atoms with Crippen LogP contribution in [0, 0.1) is 0 Å². The molecule has 0 amide bonds. The Morgan fingerprint density at radius 2 is 2.13 bits per heavy atom. The fourth-order valence-electron chi connectivity index (χ4n) is 2.82. The lowest BCUT2D eigenvalue weighted by Crippen LogP contribution is -2.58. The first-order valence-electron chi connectivity index (χ1n) is 5.54. The van der Waals surface area contributed by atoms with Crippen molar-refractivity contribution in [3.05, 3.63) is 18.2 Å². The number of ether oxygens (including phenoxy) is 1. The van der Waals surface area contributed by atoms with Crippen molar-refractivity contribution in [2.75, 3.05) is 6.61 Å². The normalized spacial score (nSPS) is 39.6. The fraction of sp³-hybridized carbons (Fsp3) is 0.727. The van der Waals surface area contributed by atoms with Gasteiger partial charge in [-0.3, -0.25) is 0 Å². The highest BCUT2D eigenvalue weighted by atomic mass is 16.5. The predicted molar refractivity (Wildman–Crippen MR) is 56.2 cm³/mol. The summed E-state index contributed by atoms with van der Waals surface area (Å²) in [6.07, 6.45) is 7.95. The van der Waals surface area contributed by atoms with Gasteiger partial charge >= 0.3 is 0 Å². The van der Waals surface area contributed by atoms with Crippen LogP contribution in [0.3, 0.4) is 0 Å². The number of aromatic nitrogens is 2. The molecule has 2 N–H and O–H groups in total. The minimum absolute atomic E-state index is 0.0626. The highest BCUT2D eigenvalue weighted by molar-refractivity contribution is 5.13. The van der Waals surface area contributed by atoms with E-state index in [9.17, 15) is 0 Å². The standard InChI is InChI=1S/C11H17N3O/c1-14-7-6-13-9(14)11-4-2-10(12,3-5-11)8-15-11/h6-7H,2-5,8,12H2,1H3. The van der Waals surface area contributed by atoms with Crippen molar-refractivity contribution in [1.82, 2.24) is 9.55 Å². The first kappa shape index (κ1) is 9.36. The molecule has 3 fully saturated rings. The van der Waals surface area contributed by atoms with Crippen LogP contribution in [0.1, 0.15) is 31.5 Å². The Balaban J connectivity index is 1.97. The molecule has 0 spiro atoms. The van der Waals surface area contributed by atoms with Gasteiger partial charge in [0.15, 0.2) is 0 Å². The highest BCUT2D eigenvalue weighted by Gasteiger charge is 2.50. The van der Waals surface area contributed by atoms with E-state index in [1.54, 1.807) is 0 Å². The van der Waals surface area contributed by atoms with Crippen LogP contribution in [-0.2, 0) is 17.4 Å². The van der Waals surface area contributed by atoms with Gasteiger partial charge in [0.05, 0.1) is 6.61 Å². The summed E-state index contributed by atoms with van der Waals surface area (Å²) in [4.78, 5) is 4.43. The monoisotopic (exact) mass is 207 g/mol. The van der Waals surface area contributed by atoms with Crippen molar-refractivity contribution >= 4 is 0 Å². The molecule has 1 aromatic rings. The molecule has 0 radical (unpaired) electrons. The maximum absolute atomic E-state index is 6.19. The quantitative estimate of drug-likeness (QED) is 0.745. The molecular formula is C11H17N3O. The third kappa shape index (κ3) is 1.25. The summed E-state index contributed by atoms with van der Waals surface area (Å²) in [6, 6.07) is 0. The minimum atomic E-state index is -0.153. The van der Waals surface area contributed by atoms with E-state index in [1.807, 2.05) is 19.4 Å². The van der Waals surface area contributed by atoms with Gasteiger partial charge in [-0.15, -0.1) is 0 Å². The zero-order valence-corrected chi connectivity index (χ0v) is 9.07. The Hall–Kier alpha value is -0.870. The Labute approximate surface area is 89.4 Å². The van der Waals surface area contributed by atoms with Gasteiger partial charge in [-0.05, 0) is 25.7 Å². The van der Waals surface area contributed by atoms with Crippen LogP contribution in [0.2, 0.25) is 0 Å². The summed E-state index contributed by atoms with van der Waals surface area (Å²) >= 11 is 0. The second-order valence-electron chi connectivity index (χ2n) is 5.01. The van der Waals surface area contributed by atoms with Crippen LogP contribution in [0.25, 0.3) is 0 Å². The van der Waals surface area contributed by atoms with Gasteiger partial charge in [0.1, 0.15) is 11.4 Å². The molecule has 0 atom stereocenters. The number of fused-ring (bicyclic) bond motifs is 3. The van der Waals surface area contributed by atoms with Crippen LogP contribution in [0.5, 0.6) is 0 Å². The van der Waals surface area contributed by atoms with E-state index < -0.39 is 0 Å². The van der Waals surface area contributed by atoms with Crippen LogP contribution < -0.4 is 5.73 Å². The van der Waals surface area contributed by atoms with Crippen molar-refractivity contribution in [3.8, 4) is 0 Å². The van der Waals surface area contributed by atoms with Gasteiger partial charge in [0.25, 0.3) is 0 Å². The molecule has 15 heavy (non-hydrogen) atoms. The van der Waals surface area contributed by atoms with Crippen LogP contribution >= 0.6 is 0 Å². The van der Waals surface area contributed by atoms with E-state index in [4.69, 9.17) is 10.5 Å². The lowest BCUT2D eigenvalue weighted by Gasteiger charge is -2.50. The molecule has 1 aromatic heterocycles. The molecule has 4 rings (SSSR count). The van der Waals surface area contributed by atoms with Gasteiger partial charge in [-0.1, -0.05) is 0 Å². The molecule has 2 saturated heterocycles. The summed E-state index contributed by atoms with van der Waals surface area (Å²) in [6.45, 7) is 0.680. The minimum Gasteiger partial charge on any atom is -0.365 e. The predicted octanol–water partition coefficient (Wildman–Crippen LogP) is 0.917. The molecule has 4 heteroatoms. The SMILES string of the molecule is Cn1ccnc1C12CCC(N)(CC1)CO2. The number of nitrogens with two attached hydrogens (primary N) is 1. The molecule has 0 aromatic carbocycles. The van der Waals surface area contributed by atoms with Crippen molar-refractivity contribution in [3.63, 3.8) is 0 Å². The second-order valence-corrected chi connectivity index (χ2v) is 5.01. The molecule has 82 valence electrons. The smallest absolute Gasteiger partial charge is 0.140 e. The summed E-state index contributed by atoms with van der Waals surface area (Å²) in [5.41, 5.74) is 5.98. The number of hydrogen-bond acceptors (Lipinski definition) is 3. The van der Waals surface area contributed by atoms with Gasteiger partial charge in [0.2, 0.25) is 0 Å². The molecule has 1 saturated carbocycles. The molecule has 3 aliphatic rings. The number of rotatable bonds is 1. The Morgan fingerprint density at radius 3 is 2.60 bits per heavy atom. The van der Waals surface area contributed by atoms with Gasteiger partial charge in [-0.2, -0.15) is 0 Å². The number of aryl methyl sites for hydroxylation is 1. The van der Waals surface area contributed by atoms with Crippen molar-refractivity contribution in [2.45, 2.75) is 36.8 Å². The van der Waals surface area contributed by atoms with Crippen LogP contribution in [0.4, 0.5) is 0 Å². The van der Waals surface area contributed by atoms with E-state index in [-0.39, 0.29) is 11.1 Å². The molecule has 4 nitrogen and oxygen atoms in total.